The number of nitrogens with zero attached hydrogens (tertiary/aromatic N) is 2. The average molecular weight is 346 g/mol. The van der Waals surface area contributed by atoms with Crippen molar-refractivity contribution in [2.45, 2.75) is 32.8 Å². The van der Waals surface area contributed by atoms with E-state index in [0.29, 0.717) is 30.0 Å². The maximum absolute atomic E-state index is 12.6. The number of carbonyl (C=O) groups is 2. The number of hydrogen-bond donors (Lipinski definition) is 0. The molecule has 2 aliphatic heterocycles. The molecule has 0 spiro atoms. The number of ether oxygens (including phenoxy) is 2. The summed E-state index contributed by atoms with van der Waals surface area (Å²) in [5.74, 6) is 0.715. The van der Waals surface area contributed by atoms with E-state index in [1.54, 1.807) is 24.0 Å². The zero-order valence-corrected chi connectivity index (χ0v) is 15.0. The van der Waals surface area contributed by atoms with Crippen molar-refractivity contribution in [2.24, 2.45) is 0 Å². The first-order valence-corrected chi connectivity index (χ1v) is 9.05. The minimum Gasteiger partial charge on any atom is -0.479 e. The molecule has 3 rings (SSSR count). The zero-order chi connectivity index (χ0) is 17.8. The second-order valence-corrected chi connectivity index (χ2v) is 6.56. The number of carbonyl (C=O) groups excluding carboxylic acids is 2. The van der Waals surface area contributed by atoms with Crippen LogP contribution < -0.4 is 9.64 Å². The number of benzene rings is 1. The fourth-order valence-electron chi connectivity index (χ4n) is 3.25. The Balaban J connectivity index is 1.80. The Morgan fingerprint density at radius 1 is 1.24 bits per heavy atom. The van der Waals surface area contributed by atoms with Gasteiger partial charge in [0.1, 0.15) is 5.75 Å². The molecule has 6 heteroatoms. The van der Waals surface area contributed by atoms with Gasteiger partial charge in [0, 0.05) is 38.2 Å². The molecule has 0 saturated carbocycles. The van der Waals surface area contributed by atoms with Crippen LogP contribution in [0.3, 0.4) is 0 Å². The molecule has 1 atom stereocenters. The van der Waals surface area contributed by atoms with E-state index < -0.39 is 6.10 Å². The number of anilines is 1. The Morgan fingerprint density at radius 3 is 2.72 bits per heavy atom. The number of morpholine rings is 1. The molecule has 25 heavy (non-hydrogen) atoms. The SMILES string of the molecule is CCCC(=O)c1ccc2c(c1)N(CCN1CCOCC1)C(=O)C(C)O2. The molecule has 0 aromatic heterocycles. The molecule has 0 aliphatic carbocycles. The first-order chi connectivity index (χ1) is 12.1. The van der Waals surface area contributed by atoms with Gasteiger partial charge in [0.2, 0.25) is 0 Å². The van der Waals surface area contributed by atoms with Gasteiger partial charge in [-0.15, -0.1) is 0 Å². The summed E-state index contributed by atoms with van der Waals surface area (Å²) < 4.78 is 11.1. The summed E-state index contributed by atoms with van der Waals surface area (Å²) in [4.78, 5) is 28.9. The van der Waals surface area contributed by atoms with Gasteiger partial charge < -0.3 is 14.4 Å². The lowest BCUT2D eigenvalue weighted by atomic mass is 10.0. The van der Waals surface area contributed by atoms with Crippen molar-refractivity contribution in [1.82, 2.24) is 4.90 Å². The van der Waals surface area contributed by atoms with Gasteiger partial charge in [-0.2, -0.15) is 0 Å². The van der Waals surface area contributed by atoms with Gasteiger partial charge >= 0.3 is 0 Å². The minimum atomic E-state index is -0.505. The third-order valence-electron chi connectivity index (χ3n) is 4.71. The molecule has 2 heterocycles. The van der Waals surface area contributed by atoms with Crippen LogP contribution in [0, 0.1) is 0 Å². The molecule has 6 nitrogen and oxygen atoms in total. The molecular formula is C19H26N2O4. The minimum absolute atomic E-state index is 0.0548. The highest BCUT2D eigenvalue weighted by molar-refractivity contribution is 6.03. The summed E-state index contributed by atoms with van der Waals surface area (Å²) >= 11 is 0. The standard InChI is InChI=1S/C19H26N2O4/c1-3-4-17(22)15-5-6-18-16(13-15)21(19(23)14(2)25-18)8-7-20-9-11-24-12-10-20/h5-6,13-14H,3-4,7-12H2,1-2H3. The molecule has 1 aromatic carbocycles. The number of hydrogen-bond acceptors (Lipinski definition) is 5. The second kappa shape index (κ2) is 7.97. The van der Waals surface area contributed by atoms with Crippen LogP contribution in [-0.2, 0) is 9.53 Å². The van der Waals surface area contributed by atoms with Crippen LogP contribution >= 0.6 is 0 Å². The molecule has 1 aromatic rings. The molecule has 1 amide bonds. The normalized spacial score (nSPS) is 21.0. The lowest BCUT2D eigenvalue weighted by Crippen LogP contribution is -2.48. The van der Waals surface area contributed by atoms with E-state index in [0.717, 1.165) is 39.3 Å². The molecule has 136 valence electrons. The van der Waals surface area contributed by atoms with Crippen LogP contribution in [0.2, 0.25) is 0 Å². The Morgan fingerprint density at radius 2 is 2.00 bits per heavy atom. The van der Waals surface area contributed by atoms with Crippen molar-refractivity contribution in [3.8, 4) is 5.75 Å². The van der Waals surface area contributed by atoms with Crippen LogP contribution in [-0.4, -0.2) is 62.1 Å². The molecule has 0 N–H and O–H groups in total. The van der Waals surface area contributed by atoms with Crippen molar-refractivity contribution in [1.29, 1.82) is 0 Å². The Kier molecular flexibility index (Phi) is 5.71. The van der Waals surface area contributed by atoms with E-state index in [1.165, 1.54) is 0 Å². The van der Waals surface area contributed by atoms with Crippen LogP contribution in [0.1, 0.15) is 37.0 Å². The highest BCUT2D eigenvalue weighted by atomic mass is 16.5. The van der Waals surface area contributed by atoms with Crippen molar-refractivity contribution in [3.05, 3.63) is 23.8 Å². The third kappa shape index (κ3) is 4.02. The lowest BCUT2D eigenvalue weighted by molar-refractivity contribution is -0.125. The Bertz CT molecular complexity index is 640. The highest BCUT2D eigenvalue weighted by Crippen LogP contribution is 2.35. The quantitative estimate of drug-likeness (QED) is 0.739. The number of Topliss-reactive ketones (excluding diaryl/α,β-unsaturated/α-hetero) is 1. The molecule has 2 aliphatic rings. The number of rotatable bonds is 6. The predicted octanol–water partition coefficient (Wildman–Crippen LogP) is 2.12. The van der Waals surface area contributed by atoms with E-state index in [4.69, 9.17) is 9.47 Å². The molecule has 1 fully saturated rings. The van der Waals surface area contributed by atoms with Crippen LogP contribution in [0.15, 0.2) is 18.2 Å². The number of fused-ring (bicyclic) bond motifs is 1. The fraction of sp³-hybridized carbons (Fsp3) is 0.579. The number of ketones is 1. The second-order valence-electron chi connectivity index (χ2n) is 6.56. The molecular weight excluding hydrogens is 320 g/mol. The van der Waals surface area contributed by atoms with Gasteiger partial charge in [0.05, 0.1) is 18.9 Å². The summed E-state index contributed by atoms with van der Waals surface area (Å²) in [6.07, 6.45) is 0.815. The Hall–Kier alpha value is -1.92. The zero-order valence-electron chi connectivity index (χ0n) is 15.0. The van der Waals surface area contributed by atoms with Crippen molar-refractivity contribution in [3.63, 3.8) is 0 Å². The monoisotopic (exact) mass is 346 g/mol. The predicted molar refractivity (Wildman–Crippen MR) is 95.4 cm³/mol. The summed E-state index contributed by atoms with van der Waals surface area (Å²) in [7, 11) is 0. The topological polar surface area (TPSA) is 59.1 Å². The Labute approximate surface area is 148 Å². The summed E-state index contributed by atoms with van der Waals surface area (Å²) in [5.41, 5.74) is 1.35. The fourth-order valence-corrected chi connectivity index (χ4v) is 3.25. The maximum atomic E-state index is 12.6. The van der Waals surface area contributed by atoms with Gasteiger partial charge in [-0.3, -0.25) is 14.5 Å². The van der Waals surface area contributed by atoms with Crippen molar-refractivity contribution < 1.29 is 19.1 Å². The van der Waals surface area contributed by atoms with Gasteiger partial charge in [-0.1, -0.05) is 6.92 Å². The smallest absolute Gasteiger partial charge is 0.267 e. The van der Waals surface area contributed by atoms with Gasteiger partial charge in [-0.05, 0) is 31.5 Å². The number of amides is 1. The van der Waals surface area contributed by atoms with Gasteiger partial charge in [0.25, 0.3) is 5.91 Å². The van der Waals surface area contributed by atoms with Crippen LogP contribution in [0.25, 0.3) is 0 Å². The molecule has 1 unspecified atom stereocenters. The summed E-state index contributed by atoms with van der Waals surface area (Å²) in [6.45, 7) is 8.37. The van der Waals surface area contributed by atoms with Crippen molar-refractivity contribution >= 4 is 17.4 Å². The van der Waals surface area contributed by atoms with Crippen LogP contribution in [0.5, 0.6) is 5.75 Å². The van der Waals surface area contributed by atoms with E-state index >= 15 is 0 Å². The molecule has 0 bridgehead atoms. The van der Waals surface area contributed by atoms with E-state index in [2.05, 4.69) is 4.90 Å². The first-order valence-electron chi connectivity index (χ1n) is 9.05. The summed E-state index contributed by atoms with van der Waals surface area (Å²) in [6, 6.07) is 5.40. The van der Waals surface area contributed by atoms with E-state index in [-0.39, 0.29) is 11.7 Å². The highest BCUT2D eigenvalue weighted by Gasteiger charge is 2.32. The molecule has 0 radical (unpaired) electrons. The largest absolute Gasteiger partial charge is 0.479 e. The average Bonchev–Trinajstić information content (AvgIpc) is 2.63. The third-order valence-corrected chi connectivity index (χ3v) is 4.71. The van der Waals surface area contributed by atoms with Gasteiger partial charge in [-0.25, -0.2) is 0 Å². The van der Waals surface area contributed by atoms with E-state index in [9.17, 15) is 9.59 Å². The molecule has 1 saturated heterocycles. The van der Waals surface area contributed by atoms with Crippen molar-refractivity contribution in [2.75, 3.05) is 44.3 Å². The summed E-state index contributed by atoms with van der Waals surface area (Å²) in [5, 5.41) is 0. The van der Waals surface area contributed by atoms with E-state index in [1.807, 2.05) is 13.0 Å². The maximum Gasteiger partial charge on any atom is 0.267 e. The van der Waals surface area contributed by atoms with Crippen LogP contribution in [0.4, 0.5) is 5.69 Å². The van der Waals surface area contributed by atoms with Gasteiger partial charge in [0.15, 0.2) is 11.9 Å². The first kappa shape index (κ1) is 17.9. The lowest BCUT2D eigenvalue weighted by Gasteiger charge is -2.35.